The summed E-state index contributed by atoms with van der Waals surface area (Å²) in [7, 11) is -2.58. The molecule has 162 valence electrons. The minimum atomic E-state index is -4.03. The lowest BCUT2D eigenvalue weighted by Gasteiger charge is -2.25. The summed E-state index contributed by atoms with van der Waals surface area (Å²) in [5.41, 5.74) is 4.20. The smallest absolute Gasteiger partial charge is 0.264 e. The molecule has 0 unspecified atom stereocenters. The molecule has 1 N–H and O–H groups in total. The summed E-state index contributed by atoms with van der Waals surface area (Å²) in [6, 6.07) is 16.9. The van der Waals surface area contributed by atoms with Gasteiger partial charge in [-0.1, -0.05) is 30.3 Å². The van der Waals surface area contributed by atoms with Gasteiger partial charge in [-0.3, -0.25) is 9.10 Å². The van der Waals surface area contributed by atoms with Crippen molar-refractivity contribution in [2.24, 2.45) is 5.10 Å². The van der Waals surface area contributed by atoms with Crippen molar-refractivity contribution >= 4 is 38.7 Å². The maximum absolute atomic E-state index is 13.4. The molecule has 9 heteroatoms. The van der Waals surface area contributed by atoms with Gasteiger partial charge in [-0.2, -0.15) is 5.10 Å². The molecule has 0 atom stereocenters. The summed E-state index contributed by atoms with van der Waals surface area (Å²) < 4.78 is 33.3. The monoisotopic (exact) mass is 457 g/mol. The van der Waals surface area contributed by atoms with E-state index >= 15 is 0 Å². The number of nitrogens with one attached hydrogen (secondary N) is 1. The summed E-state index contributed by atoms with van der Waals surface area (Å²) in [5.74, 6) is -0.227. The molecular weight excluding hydrogens is 434 g/mol. The molecule has 31 heavy (non-hydrogen) atoms. The maximum Gasteiger partial charge on any atom is 0.264 e. The Morgan fingerprint density at radius 3 is 2.52 bits per heavy atom. The number of anilines is 1. The molecule has 7 nitrogen and oxygen atoms in total. The van der Waals surface area contributed by atoms with E-state index in [2.05, 4.69) is 10.5 Å². The zero-order valence-corrected chi connectivity index (χ0v) is 19.0. The van der Waals surface area contributed by atoms with E-state index < -0.39 is 22.5 Å². The van der Waals surface area contributed by atoms with Crippen molar-refractivity contribution in [1.82, 2.24) is 5.43 Å². The molecule has 0 fully saturated rings. The van der Waals surface area contributed by atoms with E-state index in [1.165, 1.54) is 30.6 Å². The predicted molar refractivity (Wildman–Crippen MR) is 123 cm³/mol. The Labute approximate surface area is 186 Å². The third-order valence-corrected chi connectivity index (χ3v) is 7.20. The Morgan fingerprint density at radius 1 is 1.13 bits per heavy atom. The van der Waals surface area contributed by atoms with Crippen molar-refractivity contribution in [1.29, 1.82) is 0 Å². The lowest BCUT2D eigenvalue weighted by atomic mass is 10.2. The van der Waals surface area contributed by atoms with Crippen molar-refractivity contribution in [3.8, 4) is 5.75 Å². The molecule has 2 aromatic carbocycles. The van der Waals surface area contributed by atoms with Crippen LogP contribution in [0.3, 0.4) is 0 Å². The van der Waals surface area contributed by atoms with Crippen LogP contribution >= 0.6 is 11.3 Å². The van der Waals surface area contributed by atoms with E-state index in [9.17, 15) is 13.2 Å². The minimum Gasteiger partial charge on any atom is -0.495 e. The summed E-state index contributed by atoms with van der Waals surface area (Å²) in [6.45, 7) is 3.15. The predicted octanol–water partition coefficient (Wildman–Crippen LogP) is 3.80. The minimum absolute atomic E-state index is 0.0737. The van der Waals surface area contributed by atoms with Gasteiger partial charge in [0.1, 0.15) is 12.3 Å². The van der Waals surface area contributed by atoms with Gasteiger partial charge in [0.2, 0.25) is 0 Å². The second kappa shape index (κ2) is 9.76. The van der Waals surface area contributed by atoms with Crippen LogP contribution in [0.2, 0.25) is 0 Å². The molecule has 0 aliphatic heterocycles. The first-order valence-electron chi connectivity index (χ1n) is 9.42. The molecule has 1 aromatic heterocycles. The largest absolute Gasteiger partial charge is 0.495 e. The van der Waals surface area contributed by atoms with Gasteiger partial charge < -0.3 is 4.74 Å². The molecule has 0 radical (unpaired) electrons. The zero-order valence-electron chi connectivity index (χ0n) is 17.4. The molecule has 3 aromatic rings. The van der Waals surface area contributed by atoms with E-state index in [0.29, 0.717) is 11.5 Å². The van der Waals surface area contributed by atoms with E-state index in [-0.39, 0.29) is 10.6 Å². The molecule has 0 saturated heterocycles. The Hall–Kier alpha value is -3.17. The summed E-state index contributed by atoms with van der Waals surface area (Å²) in [4.78, 5) is 13.7. The quantitative estimate of drug-likeness (QED) is 0.412. The van der Waals surface area contributed by atoms with Crippen molar-refractivity contribution in [2.45, 2.75) is 18.7 Å². The fourth-order valence-corrected chi connectivity index (χ4v) is 4.99. The molecule has 0 aliphatic rings. The standard InChI is InChI=1S/C22H23N3O4S2/c1-16-11-12-20(29-3)19(14-16)25(31(27,28)18-8-5-4-6-9-18)15-22(26)24-23-17(2)21-10-7-13-30-21/h4-14H,15H2,1-3H3,(H,24,26)/b23-17-. The van der Waals surface area contributed by atoms with Crippen LogP contribution in [-0.2, 0) is 14.8 Å². The number of carbonyl (C=O) groups excluding carboxylic acids is 1. The Kier molecular flexibility index (Phi) is 7.09. The molecule has 0 aliphatic carbocycles. The number of benzene rings is 2. The summed E-state index contributed by atoms with van der Waals surface area (Å²) in [5, 5.41) is 6.01. The van der Waals surface area contributed by atoms with Crippen molar-refractivity contribution < 1.29 is 17.9 Å². The van der Waals surface area contributed by atoms with Gasteiger partial charge in [0.05, 0.1) is 23.4 Å². The van der Waals surface area contributed by atoms with Gasteiger partial charge >= 0.3 is 0 Å². The zero-order chi connectivity index (χ0) is 22.4. The molecule has 0 saturated carbocycles. The van der Waals surface area contributed by atoms with E-state index in [1.54, 1.807) is 37.3 Å². The third kappa shape index (κ3) is 5.31. The second-order valence-electron chi connectivity index (χ2n) is 6.71. The number of amides is 1. The number of aryl methyl sites for hydroxylation is 1. The van der Waals surface area contributed by atoms with Crippen molar-refractivity contribution in [2.75, 3.05) is 18.0 Å². The van der Waals surface area contributed by atoms with Gasteiger partial charge in [-0.15, -0.1) is 11.3 Å². The molecule has 0 spiro atoms. The van der Waals surface area contributed by atoms with Crippen molar-refractivity contribution in [3.63, 3.8) is 0 Å². The number of sulfonamides is 1. The van der Waals surface area contributed by atoms with Crippen LogP contribution < -0.4 is 14.5 Å². The number of ether oxygens (including phenoxy) is 1. The lowest BCUT2D eigenvalue weighted by molar-refractivity contribution is -0.119. The molecule has 0 bridgehead atoms. The van der Waals surface area contributed by atoms with Gasteiger partial charge in [0, 0.05) is 4.88 Å². The highest BCUT2D eigenvalue weighted by atomic mass is 32.2. The second-order valence-corrected chi connectivity index (χ2v) is 9.52. The summed E-state index contributed by atoms with van der Waals surface area (Å²) in [6.07, 6.45) is 0. The van der Waals surface area contributed by atoms with Crippen molar-refractivity contribution in [3.05, 3.63) is 76.5 Å². The van der Waals surface area contributed by atoms with E-state index in [0.717, 1.165) is 14.7 Å². The number of thiophene rings is 1. The normalized spacial score (nSPS) is 11.8. The highest BCUT2D eigenvalue weighted by Crippen LogP contribution is 2.33. The van der Waals surface area contributed by atoms with Crippen LogP contribution in [0.1, 0.15) is 17.4 Å². The number of methoxy groups -OCH3 is 1. The number of hydrogen-bond acceptors (Lipinski definition) is 6. The van der Waals surface area contributed by atoms with Crippen LogP contribution in [-0.4, -0.2) is 33.7 Å². The van der Waals surface area contributed by atoms with Crippen LogP contribution in [0.25, 0.3) is 0 Å². The third-order valence-electron chi connectivity index (χ3n) is 4.45. The SMILES string of the molecule is COc1ccc(C)cc1N(CC(=O)N/N=C(/C)c1cccs1)S(=O)(=O)c1ccccc1. The van der Waals surface area contributed by atoms with Crippen LogP contribution in [0.5, 0.6) is 5.75 Å². The Morgan fingerprint density at radius 2 is 1.87 bits per heavy atom. The number of hydrazone groups is 1. The molecule has 3 rings (SSSR count). The number of nitrogens with zero attached hydrogens (tertiary/aromatic N) is 2. The Balaban J connectivity index is 1.96. The number of hydrogen-bond donors (Lipinski definition) is 1. The summed E-state index contributed by atoms with van der Waals surface area (Å²) >= 11 is 1.50. The van der Waals surface area contributed by atoms with E-state index in [1.807, 2.05) is 30.5 Å². The topological polar surface area (TPSA) is 88.1 Å². The van der Waals surface area contributed by atoms with Gasteiger partial charge in [0.15, 0.2) is 0 Å². The fraction of sp³-hybridized carbons (Fsp3) is 0.182. The molecular formula is C22H23N3O4S2. The van der Waals surface area contributed by atoms with Gasteiger partial charge in [-0.05, 0) is 55.1 Å². The molecule has 1 heterocycles. The highest BCUT2D eigenvalue weighted by molar-refractivity contribution is 7.92. The Bertz CT molecular complexity index is 1170. The van der Waals surface area contributed by atoms with Gasteiger partial charge in [0.25, 0.3) is 15.9 Å². The first kappa shape index (κ1) is 22.5. The van der Waals surface area contributed by atoms with Crippen LogP contribution in [0.4, 0.5) is 5.69 Å². The van der Waals surface area contributed by atoms with Gasteiger partial charge in [-0.25, -0.2) is 13.8 Å². The maximum atomic E-state index is 13.4. The fourth-order valence-electron chi connectivity index (χ4n) is 2.87. The lowest BCUT2D eigenvalue weighted by Crippen LogP contribution is -2.40. The number of carbonyl (C=O) groups is 1. The van der Waals surface area contributed by atoms with E-state index in [4.69, 9.17) is 4.74 Å². The van der Waals surface area contributed by atoms with Crippen LogP contribution in [0, 0.1) is 6.92 Å². The average molecular weight is 458 g/mol. The number of rotatable bonds is 8. The average Bonchev–Trinajstić information content (AvgIpc) is 3.31. The van der Waals surface area contributed by atoms with Crippen LogP contribution in [0.15, 0.2) is 76.0 Å². The molecule has 1 amide bonds. The highest BCUT2D eigenvalue weighted by Gasteiger charge is 2.29. The first-order valence-corrected chi connectivity index (χ1v) is 11.7. The first-order chi connectivity index (χ1) is 14.8.